The fourth-order valence-electron chi connectivity index (χ4n) is 2.04. The minimum absolute atomic E-state index is 0.320. The summed E-state index contributed by atoms with van der Waals surface area (Å²) >= 11 is 0. The highest BCUT2D eigenvalue weighted by Gasteiger charge is 2.17. The van der Waals surface area contributed by atoms with E-state index in [1.165, 1.54) is 0 Å². The molecular weight excluding hydrogens is 288 g/mol. The van der Waals surface area contributed by atoms with Crippen molar-refractivity contribution in [2.24, 2.45) is 0 Å². The number of nitrogens with zero attached hydrogens (tertiary/aromatic N) is 2. The molecule has 23 heavy (non-hydrogen) atoms. The van der Waals surface area contributed by atoms with Crippen LogP contribution in [0.1, 0.15) is 17.7 Å². The summed E-state index contributed by atoms with van der Waals surface area (Å²) in [6.45, 7) is 0. The van der Waals surface area contributed by atoms with Gasteiger partial charge in [0.1, 0.15) is 29.0 Å². The quantitative estimate of drug-likeness (QED) is 0.665. The zero-order valence-electron chi connectivity index (χ0n) is 12.3. The second-order valence-corrected chi connectivity index (χ2v) is 4.75. The molecule has 3 rings (SSSR count). The predicted molar refractivity (Wildman–Crippen MR) is 85.8 cm³/mol. The molecule has 0 spiro atoms. The molecule has 0 fully saturated rings. The Hall–Kier alpha value is -3.32. The Morgan fingerprint density at radius 1 is 0.739 bits per heavy atom. The molecule has 0 aliphatic carbocycles. The highest BCUT2D eigenvalue weighted by Crippen LogP contribution is 2.24. The van der Waals surface area contributed by atoms with Crippen molar-refractivity contribution >= 4 is 0 Å². The molecule has 2 aromatic carbocycles. The van der Waals surface area contributed by atoms with Gasteiger partial charge in [0.15, 0.2) is 0 Å². The van der Waals surface area contributed by atoms with Crippen molar-refractivity contribution in [3.8, 4) is 17.6 Å². The summed E-state index contributed by atoms with van der Waals surface area (Å²) in [5.41, 5.74) is 0.859. The molecule has 0 aliphatic heterocycles. The molecule has 1 heterocycles. The summed E-state index contributed by atoms with van der Waals surface area (Å²) < 4.78 is 11.8. The van der Waals surface area contributed by atoms with Crippen LogP contribution in [-0.4, -0.2) is 4.98 Å². The number of rotatable bonds is 5. The molecule has 0 amide bonds. The predicted octanol–water partition coefficient (Wildman–Crippen LogP) is 4.11. The van der Waals surface area contributed by atoms with Crippen molar-refractivity contribution in [3.05, 3.63) is 90.3 Å². The number of hydrogen-bond acceptors (Lipinski definition) is 4. The first-order valence-electron chi connectivity index (χ1n) is 7.15. The lowest BCUT2D eigenvalue weighted by molar-refractivity contribution is 0.000292. The fraction of sp³-hybridized carbons (Fsp3) is 0.0526. The van der Waals surface area contributed by atoms with Gasteiger partial charge in [-0.25, -0.2) is 4.98 Å². The number of hydrogen-bond donors (Lipinski definition) is 0. The third kappa shape index (κ3) is 3.86. The Labute approximate surface area is 134 Å². The van der Waals surface area contributed by atoms with E-state index >= 15 is 0 Å². The van der Waals surface area contributed by atoms with Gasteiger partial charge in [-0.2, -0.15) is 5.26 Å². The summed E-state index contributed by atoms with van der Waals surface area (Å²) in [4.78, 5) is 4.27. The maximum Gasteiger partial charge on any atom is 0.284 e. The average Bonchev–Trinajstić information content (AvgIpc) is 2.63. The van der Waals surface area contributed by atoms with Crippen LogP contribution in [0.3, 0.4) is 0 Å². The van der Waals surface area contributed by atoms with Crippen LogP contribution in [0.5, 0.6) is 11.5 Å². The molecule has 0 N–H and O–H groups in total. The van der Waals surface area contributed by atoms with E-state index in [1.807, 2.05) is 66.7 Å². The Bertz CT molecular complexity index is 757. The zero-order valence-corrected chi connectivity index (χ0v) is 12.3. The first kappa shape index (κ1) is 14.6. The van der Waals surface area contributed by atoms with Gasteiger partial charge in [0.25, 0.3) is 6.29 Å². The number of para-hydroxylation sites is 2. The molecule has 0 unspecified atom stereocenters. The van der Waals surface area contributed by atoms with Gasteiger partial charge < -0.3 is 9.47 Å². The van der Waals surface area contributed by atoms with Crippen molar-refractivity contribution in [2.75, 3.05) is 0 Å². The first-order chi connectivity index (χ1) is 11.3. The normalized spacial score (nSPS) is 10.1. The largest absolute Gasteiger partial charge is 0.449 e. The van der Waals surface area contributed by atoms with Crippen molar-refractivity contribution < 1.29 is 9.47 Å². The number of aromatic nitrogens is 1. The Morgan fingerprint density at radius 3 is 1.83 bits per heavy atom. The van der Waals surface area contributed by atoms with Crippen molar-refractivity contribution in [3.63, 3.8) is 0 Å². The molecule has 4 heteroatoms. The maximum atomic E-state index is 9.03. The highest BCUT2D eigenvalue weighted by atomic mass is 16.7. The number of pyridine rings is 1. The summed E-state index contributed by atoms with van der Waals surface area (Å²) in [6, 6.07) is 25.9. The summed E-state index contributed by atoms with van der Waals surface area (Å²) in [7, 11) is 0. The highest BCUT2D eigenvalue weighted by molar-refractivity contribution is 5.27. The first-order valence-corrected chi connectivity index (χ1v) is 7.15. The van der Waals surface area contributed by atoms with E-state index in [2.05, 4.69) is 4.98 Å². The Kier molecular flexibility index (Phi) is 4.51. The summed E-state index contributed by atoms with van der Waals surface area (Å²) in [5, 5.41) is 9.03. The van der Waals surface area contributed by atoms with Gasteiger partial charge in [-0.05, 0) is 36.4 Å². The molecule has 0 saturated carbocycles. The van der Waals surface area contributed by atoms with Gasteiger partial charge in [0.2, 0.25) is 0 Å². The van der Waals surface area contributed by atoms with E-state index in [4.69, 9.17) is 14.7 Å². The van der Waals surface area contributed by atoms with Crippen LogP contribution < -0.4 is 9.47 Å². The lowest BCUT2D eigenvalue weighted by Crippen LogP contribution is -2.16. The van der Waals surface area contributed by atoms with Crippen LogP contribution in [0.15, 0.2) is 78.9 Å². The smallest absolute Gasteiger partial charge is 0.284 e. The SMILES string of the molecule is N#Cc1cccc(C(Oc2ccccc2)Oc2ccccc2)n1. The van der Waals surface area contributed by atoms with Crippen LogP contribution >= 0.6 is 0 Å². The van der Waals surface area contributed by atoms with Crippen LogP contribution in [-0.2, 0) is 0 Å². The van der Waals surface area contributed by atoms with E-state index in [-0.39, 0.29) is 0 Å². The standard InChI is InChI=1S/C19H14N2O2/c20-14-15-8-7-13-18(21-15)19(22-16-9-3-1-4-10-16)23-17-11-5-2-6-12-17/h1-13,19H. The van der Waals surface area contributed by atoms with Crippen LogP contribution in [0.25, 0.3) is 0 Å². The van der Waals surface area contributed by atoms with Crippen molar-refractivity contribution in [1.29, 1.82) is 5.26 Å². The third-order valence-electron chi connectivity index (χ3n) is 3.10. The number of ether oxygens (including phenoxy) is 2. The minimum Gasteiger partial charge on any atom is -0.449 e. The maximum absolute atomic E-state index is 9.03. The monoisotopic (exact) mass is 302 g/mol. The van der Waals surface area contributed by atoms with E-state index in [0.717, 1.165) is 0 Å². The molecule has 0 atom stereocenters. The molecule has 1 aromatic heterocycles. The van der Waals surface area contributed by atoms with Gasteiger partial charge in [-0.3, -0.25) is 0 Å². The van der Waals surface area contributed by atoms with Crippen LogP contribution in [0.4, 0.5) is 0 Å². The minimum atomic E-state index is -0.743. The molecule has 4 nitrogen and oxygen atoms in total. The Morgan fingerprint density at radius 2 is 1.30 bits per heavy atom. The average molecular weight is 302 g/mol. The lowest BCUT2D eigenvalue weighted by atomic mass is 10.3. The van der Waals surface area contributed by atoms with Crippen molar-refractivity contribution in [1.82, 2.24) is 4.98 Å². The van der Waals surface area contributed by atoms with Gasteiger partial charge >= 0.3 is 0 Å². The fourth-order valence-corrected chi connectivity index (χ4v) is 2.04. The summed E-state index contributed by atoms with van der Waals surface area (Å²) in [6.07, 6.45) is -0.743. The van der Waals surface area contributed by atoms with Crippen molar-refractivity contribution in [2.45, 2.75) is 6.29 Å². The molecular formula is C19H14N2O2. The van der Waals surface area contributed by atoms with E-state index in [1.54, 1.807) is 18.2 Å². The molecule has 0 bridgehead atoms. The zero-order chi connectivity index (χ0) is 15.9. The van der Waals surface area contributed by atoms with Gasteiger partial charge in [0.05, 0.1) is 0 Å². The summed E-state index contributed by atoms with van der Waals surface area (Å²) in [5.74, 6) is 1.33. The van der Waals surface area contributed by atoms with E-state index < -0.39 is 6.29 Å². The lowest BCUT2D eigenvalue weighted by Gasteiger charge is -2.20. The molecule has 0 saturated heterocycles. The van der Waals surface area contributed by atoms with Gasteiger partial charge in [0, 0.05) is 0 Å². The molecule has 3 aromatic rings. The third-order valence-corrected chi connectivity index (χ3v) is 3.10. The topological polar surface area (TPSA) is 55.1 Å². The Balaban J connectivity index is 1.90. The number of benzene rings is 2. The molecule has 0 radical (unpaired) electrons. The van der Waals surface area contributed by atoms with E-state index in [0.29, 0.717) is 22.9 Å². The van der Waals surface area contributed by atoms with Gasteiger partial charge in [-0.15, -0.1) is 0 Å². The van der Waals surface area contributed by atoms with Gasteiger partial charge in [-0.1, -0.05) is 42.5 Å². The molecule has 0 aliphatic rings. The second-order valence-electron chi connectivity index (χ2n) is 4.75. The van der Waals surface area contributed by atoms with E-state index in [9.17, 15) is 0 Å². The van der Waals surface area contributed by atoms with Crippen LogP contribution in [0, 0.1) is 11.3 Å². The van der Waals surface area contributed by atoms with Crippen LogP contribution in [0.2, 0.25) is 0 Å². The number of nitriles is 1. The molecule has 112 valence electrons. The second kappa shape index (κ2) is 7.10.